The Kier molecular flexibility index (Phi) is 11.3. The minimum absolute atomic E-state index is 0.175. The van der Waals surface area contributed by atoms with Gasteiger partial charge in [0.15, 0.2) is 0 Å². The Bertz CT molecular complexity index is 1250. The molecular formula is C40H63O4S. The van der Waals surface area contributed by atoms with Crippen molar-refractivity contribution in [2.24, 2.45) is 52.3 Å². The van der Waals surface area contributed by atoms with E-state index in [0.29, 0.717) is 23.7 Å². The zero-order valence-electron chi connectivity index (χ0n) is 29.4. The largest absolute Gasteiger partial charge is 0.296 e. The standard InChI is InChI=1S/C40H63O4S/c1-28(2)11-10-12-30(4)35-20-21-36-34-19-16-32-27-31(22-24-39(32,5)37(34)23-25-40(35,36)6)38(41)13-8-7-9-26-44-45(42,43)33-17-14-29(3)15-18-33/h14-18,28,30-31,34-38H,7-13,19-27H2,1-6H3/t30-,31+,34?,35-,36?,37?,38?,39+,40-/m1/s1. The van der Waals surface area contributed by atoms with Gasteiger partial charge in [0.1, 0.15) is 0 Å². The zero-order valence-corrected chi connectivity index (χ0v) is 30.2. The van der Waals surface area contributed by atoms with E-state index in [2.05, 4.69) is 40.7 Å². The summed E-state index contributed by atoms with van der Waals surface area (Å²) in [7, 11) is -3.71. The number of benzene rings is 1. The summed E-state index contributed by atoms with van der Waals surface area (Å²) in [6.45, 7) is 14.6. The van der Waals surface area contributed by atoms with Crippen LogP contribution in [0.1, 0.15) is 136 Å². The molecule has 9 atom stereocenters. The molecule has 0 saturated heterocycles. The number of hydrogen-bond donors (Lipinski definition) is 0. The van der Waals surface area contributed by atoms with Crippen molar-refractivity contribution in [1.29, 1.82) is 0 Å². The summed E-state index contributed by atoms with van der Waals surface area (Å²) in [6.07, 6.45) is 19.5. The number of hydrogen-bond acceptors (Lipinski definition) is 3. The lowest BCUT2D eigenvalue weighted by molar-refractivity contribution is -0.0616. The maximum absolute atomic E-state index is 13.4. The lowest BCUT2D eigenvalue weighted by Gasteiger charge is -2.58. The molecule has 5 rings (SSSR count). The first-order chi connectivity index (χ1) is 21.3. The molecule has 4 nitrogen and oxygen atoms in total. The lowest BCUT2D eigenvalue weighted by atomic mass is 9.46. The Balaban J connectivity index is 1.09. The van der Waals surface area contributed by atoms with Crippen LogP contribution in [0.5, 0.6) is 0 Å². The maximum Gasteiger partial charge on any atom is 0.296 e. The van der Waals surface area contributed by atoms with Gasteiger partial charge in [-0.1, -0.05) is 96.1 Å². The Labute approximate surface area is 276 Å². The molecule has 0 bridgehead atoms. The third-order valence-electron chi connectivity index (χ3n) is 13.6. The minimum atomic E-state index is -3.71. The molecule has 5 heteroatoms. The molecule has 3 fully saturated rings. The molecule has 1 aromatic rings. The SMILES string of the molecule is Cc1ccc(S(=O)(=O)OCCCCCC([O])[C@H]2CC[C@@]3(C)C(=CCC4C3CC[C@@]3(C)C4CC[C@@H]3[C@H](C)CCCC(C)C)C2)cc1. The Morgan fingerprint density at radius 3 is 2.36 bits per heavy atom. The van der Waals surface area contributed by atoms with Gasteiger partial charge in [0, 0.05) is 0 Å². The molecule has 45 heavy (non-hydrogen) atoms. The van der Waals surface area contributed by atoms with E-state index in [0.717, 1.165) is 66.8 Å². The Hall–Kier alpha value is -1.17. The fraction of sp³-hybridized carbons (Fsp3) is 0.800. The van der Waals surface area contributed by atoms with Gasteiger partial charge in [0.05, 0.1) is 17.6 Å². The van der Waals surface area contributed by atoms with E-state index in [1.54, 1.807) is 29.8 Å². The van der Waals surface area contributed by atoms with Gasteiger partial charge < -0.3 is 0 Å². The van der Waals surface area contributed by atoms with Gasteiger partial charge in [-0.3, -0.25) is 4.18 Å². The predicted octanol–water partition coefficient (Wildman–Crippen LogP) is 10.7. The summed E-state index contributed by atoms with van der Waals surface area (Å²) in [5.41, 5.74) is 3.45. The summed E-state index contributed by atoms with van der Waals surface area (Å²) in [6, 6.07) is 6.76. The second kappa shape index (κ2) is 14.5. The predicted molar refractivity (Wildman–Crippen MR) is 184 cm³/mol. The molecule has 4 aliphatic rings. The summed E-state index contributed by atoms with van der Waals surface area (Å²) in [4.78, 5) is 0.206. The molecular weight excluding hydrogens is 577 g/mol. The third kappa shape index (κ3) is 7.62. The summed E-state index contributed by atoms with van der Waals surface area (Å²) in [5.74, 6) is 5.33. The molecule has 0 aliphatic heterocycles. The number of aryl methyl sites for hydroxylation is 1. The van der Waals surface area contributed by atoms with Crippen molar-refractivity contribution >= 4 is 10.1 Å². The van der Waals surface area contributed by atoms with Gasteiger partial charge in [-0.2, -0.15) is 8.42 Å². The second-order valence-corrected chi connectivity index (χ2v) is 18.4. The van der Waals surface area contributed by atoms with Gasteiger partial charge in [-0.05, 0) is 136 Å². The summed E-state index contributed by atoms with van der Waals surface area (Å²) in [5, 5.41) is 13.4. The highest BCUT2D eigenvalue weighted by Gasteiger charge is 2.59. The van der Waals surface area contributed by atoms with Gasteiger partial charge in [-0.25, -0.2) is 5.11 Å². The number of unbranched alkanes of at least 4 members (excludes halogenated alkanes) is 2. The first kappa shape index (κ1) is 35.1. The zero-order chi connectivity index (χ0) is 32.4. The highest BCUT2D eigenvalue weighted by molar-refractivity contribution is 7.86. The fourth-order valence-electron chi connectivity index (χ4n) is 10.8. The van der Waals surface area contributed by atoms with Crippen LogP contribution in [0.3, 0.4) is 0 Å². The smallest absolute Gasteiger partial charge is 0.266 e. The average Bonchev–Trinajstić information content (AvgIpc) is 3.35. The monoisotopic (exact) mass is 639 g/mol. The highest BCUT2D eigenvalue weighted by atomic mass is 32.2. The molecule has 0 aromatic heterocycles. The van der Waals surface area contributed by atoms with E-state index in [9.17, 15) is 13.5 Å². The van der Waals surface area contributed by atoms with Gasteiger partial charge in [-0.15, -0.1) is 0 Å². The third-order valence-corrected chi connectivity index (χ3v) is 14.9. The van der Waals surface area contributed by atoms with E-state index in [1.807, 2.05) is 6.92 Å². The minimum Gasteiger partial charge on any atom is -0.266 e. The van der Waals surface area contributed by atoms with Crippen molar-refractivity contribution in [1.82, 2.24) is 0 Å². The van der Waals surface area contributed by atoms with Crippen molar-refractivity contribution in [2.75, 3.05) is 6.61 Å². The van der Waals surface area contributed by atoms with E-state index in [1.165, 1.54) is 57.8 Å². The summed E-state index contributed by atoms with van der Waals surface area (Å²) >= 11 is 0. The quantitative estimate of drug-likeness (QED) is 0.116. The molecule has 1 aromatic carbocycles. The number of fused-ring (bicyclic) bond motifs is 5. The van der Waals surface area contributed by atoms with Crippen LogP contribution in [-0.2, 0) is 19.4 Å². The lowest BCUT2D eigenvalue weighted by Crippen LogP contribution is -2.50. The van der Waals surface area contributed by atoms with Crippen molar-refractivity contribution in [3.8, 4) is 0 Å². The van der Waals surface area contributed by atoms with E-state index < -0.39 is 16.2 Å². The molecule has 253 valence electrons. The highest BCUT2D eigenvalue weighted by Crippen LogP contribution is 2.67. The van der Waals surface area contributed by atoms with Crippen molar-refractivity contribution < 1.29 is 17.7 Å². The van der Waals surface area contributed by atoms with Crippen LogP contribution in [0, 0.1) is 59.2 Å². The fourth-order valence-corrected chi connectivity index (χ4v) is 11.8. The van der Waals surface area contributed by atoms with Crippen LogP contribution >= 0.6 is 0 Å². The molecule has 4 aliphatic carbocycles. The van der Waals surface area contributed by atoms with Crippen LogP contribution in [0.4, 0.5) is 0 Å². The van der Waals surface area contributed by atoms with Gasteiger partial charge in [0.2, 0.25) is 0 Å². The van der Waals surface area contributed by atoms with Crippen LogP contribution < -0.4 is 0 Å². The topological polar surface area (TPSA) is 63.3 Å². The molecule has 3 saturated carbocycles. The van der Waals surface area contributed by atoms with E-state index in [4.69, 9.17) is 4.18 Å². The molecule has 0 amide bonds. The average molecular weight is 640 g/mol. The summed E-state index contributed by atoms with van der Waals surface area (Å²) < 4.78 is 30.1. The Morgan fingerprint density at radius 1 is 0.867 bits per heavy atom. The van der Waals surface area contributed by atoms with Crippen LogP contribution in [0.25, 0.3) is 0 Å². The molecule has 4 unspecified atom stereocenters. The van der Waals surface area contributed by atoms with Crippen molar-refractivity contribution in [3.63, 3.8) is 0 Å². The van der Waals surface area contributed by atoms with Crippen LogP contribution in [-0.4, -0.2) is 21.1 Å². The van der Waals surface area contributed by atoms with Crippen LogP contribution in [0.2, 0.25) is 0 Å². The van der Waals surface area contributed by atoms with Crippen molar-refractivity contribution in [3.05, 3.63) is 41.5 Å². The van der Waals surface area contributed by atoms with Gasteiger partial charge >= 0.3 is 0 Å². The normalized spacial score (nSPS) is 34.5. The van der Waals surface area contributed by atoms with E-state index in [-0.39, 0.29) is 17.4 Å². The molecule has 0 N–H and O–H groups in total. The van der Waals surface area contributed by atoms with Gasteiger partial charge in [0.25, 0.3) is 10.1 Å². The molecule has 0 heterocycles. The maximum atomic E-state index is 13.4. The van der Waals surface area contributed by atoms with E-state index >= 15 is 0 Å². The molecule has 1 radical (unpaired) electrons. The first-order valence-electron chi connectivity index (χ1n) is 18.7. The number of allylic oxidation sites excluding steroid dienone is 2. The molecule has 0 spiro atoms. The van der Waals surface area contributed by atoms with Crippen molar-refractivity contribution in [2.45, 2.75) is 149 Å². The second-order valence-electron chi connectivity index (χ2n) is 16.8. The number of rotatable bonds is 14. The van der Waals surface area contributed by atoms with Crippen LogP contribution in [0.15, 0.2) is 40.8 Å². The Morgan fingerprint density at radius 2 is 1.62 bits per heavy atom. The first-order valence-corrected chi connectivity index (χ1v) is 20.1.